The van der Waals surface area contributed by atoms with Crippen molar-refractivity contribution in [1.29, 1.82) is 0 Å². The minimum atomic E-state index is -0.667. The molecule has 6 unspecified atom stereocenters. The molecule has 2 aromatic rings. The van der Waals surface area contributed by atoms with Crippen molar-refractivity contribution >= 4 is 66.0 Å². The molecule has 0 bridgehead atoms. The lowest BCUT2D eigenvalue weighted by Crippen LogP contribution is -2.29. The monoisotopic (exact) mass is 1400 g/mol. The number of pyridine rings is 1. The van der Waals surface area contributed by atoms with Crippen LogP contribution in [-0.4, -0.2) is 193 Å². The molecule has 2 aromatic heterocycles. The molecule has 0 aliphatic heterocycles. The summed E-state index contributed by atoms with van der Waals surface area (Å²) in [5.41, 5.74) is 0.969. The van der Waals surface area contributed by atoms with Gasteiger partial charge in [-0.1, -0.05) is 95.9 Å². The second kappa shape index (κ2) is 66.7. The first-order chi connectivity index (χ1) is 46.8. The van der Waals surface area contributed by atoms with Gasteiger partial charge in [-0.3, -0.25) is 29.0 Å². The Morgan fingerprint density at radius 1 is 0.388 bits per heavy atom. The molecule has 2 rings (SSSR count). The number of carbonyl (C=O) groups is 11. The highest BCUT2D eigenvalue weighted by Crippen LogP contribution is 2.09. The standard InChI is InChI=1S/3C13H21NO6.C11H15NO2.C11H22O4.C7H12N2/c3*1-4-10(3)12(16)19-8-9-20-13(17)14-6-7-18-11(15)5-2;1-3-9(2)11(13)14-8-10-4-6-12-7-5-10;1-4-10(3)11(12)15-9-8-14-7-6-13-5-2;1-3-7(2)9-5-4-8-6-9/h3*5,10H,2,4,6-9H2,1,3H3,(H,14,17);4-7,9H,3,8H2,1-2H3;10H,4-9H2,1-3H3;4-7H,3H2,1-2H3. The van der Waals surface area contributed by atoms with E-state index in [1.54, 1.807) is 33.2 Å². The van der Waals surface area contributed by atoms with Gasteiger partial charge < -0.3 is 82.1 Å². The number of aromatic nitrogens is 3. The summed E-state index contributed by atoms with van der Waals surface area (Å²) in [5.74, 6) is -3.42. The molecule has 0 aliphatic carbocycles. The van der Waals surface area contributed by atoms with Crippen molar-refractivity contribution in [1.82, 2.24) is 30.5 Å². The van der Waals surface area contributed by atoms with Crippen LogP contribution in [0.3, 0.4) is 0 Å². The van der Waals surface area contributed by atoms with Crippen LogP contribution in [0, 0.1) is 29.6 Å². The van der Waals surface area contributed by atoms with Gasteiger partial charge in [-0.2, -0.15) is 0 Å². The van der Waals surface area contributed by atoms with Crippen molar-refractivity contribution in [2.75, 3.05) is 112 Å². The summed E-state index contributed by atoms with van der Waals surface area (Å²) < 4.78 is 65.4. The zero-order valence-electron chi connectivity index (χ0n) is 60.0. The van der Waals surface area contributed by atoms with Gasteiger partial charge in [0.25, 0.3) is 0 Å². The van der Waals surface area contributed by atoms with Crippen molar-refractivity contribution in [2.24, 2.45) is 29.6 Å². The minimum absolute atomic E-state index is 0.0159. The largest absolute Gasteiger partial charge is 0.463 e. The van der Waals surface area contributed by atoms with Gasteiger partial charge in [0, 0.05) is 55.7 Å². The number of hydrogen-bond donors (Lipinski definition) is 3. The molecule has 3 amide bonds. The molecule has 0 fully saturated rings. The number of nitrogens with zero attached hydrogens (tertiary/aromatic N) is 3. The van der Waals surface area contributed by atoms with Gasteiger partial charge in [-0.05, 0) is 70.1 Å². The van der Waals surface area contributed by atoms with E-state index in [0.717, 1.165) is 43.1 Å². The second-order valence-electron chi connectivity index (χ2n) is 20.6. The van der Waals surface area contributed by atoms with E-state index >= 15 is 0 Å². The normalized spacial score (nSPS) is 11.7. The van der Waals surface area contributed by atoms with Crippen LogP contribution in [0.1, 0.15) is 140 Å². The zero-order chi connectivity index (χ0) is 74.7. The number of hydrogen-bond acceptors (Lipinski definition) is 26. The quantitative estimate of drug-likeness (QED) is 0.0242. The third kappa shape index (κ3) is 59.6. The van der Waals surface area contributed by atoms with Gasteiger partial charge in [0.05, 0.1) is 75.4 Å². The Kier molecular flexibility index (Phi) is 64.9. The first-order valence-corrected chi connectivity index (χ1v) is 32.8. The smallest absolute Gasteiger partial charge is 0.407 e. The molecular formula is C68H112N6O24. The Labute approximate surface area is 578 Å². The van der Waals surface area contributed by atoms with Crippen LogP contribution in [0.5, 0.6) is 0 Å². The second-order valence-corrected chi connectivity index (χ2v) is 20.6. The summed E-state index contributed by atoms with van der Waals surface area (Å²) in [6.07, 6.45) is 15.0. The van der Waals surface area contributed by atoms with E-state index in [1.807, 2.05) is 86.2 Å². The van der Waals surface area contributed by atoms with E-state index in [1.165, 1.54) is 0 Å². The van der Waals surface area contributed by atoms with Crippen LogP contribution >= 0.6 is 0 Å². The number of imidazole rings is 1. The van der Waals surface area contributed by atoms with E-state index in [-0.39, 0.29) is 139 Å². The van der Waals surface area contributed by atoms with Crippen LogP contribution < -0.4 is 16.0 Å². The maximum absolute atomic E-state index is 11.3. The van der Waals surface area contributed by atoms with E-state index in [2.05, 4.69) is 78.3 Å². The molecule has 0 saturated carbocycles. The maximum Gasteiger partial charge on any atom is 0.407 e. The topological polar surface area (TPSA) is 375 Å². The number of carbonyl (C=O) groups excluding carboxylic acids is 11. The van der Waals surface area contributed by atoms with Crippen LogP contribution in [0.4, 0.5) is 14.4 Å². The summed E-state index contributed by atoms with van der Waals surface area (Å²) in [7, 11) is 0. The number of amides is 3. The fourth-order valence-electron chi connectivity index (χ4n) is 5.56. The highest BCUT2D eigenvalue weighted by atomic mass is 16.6. The molecule has 30 nitrogen and oxygen atoms in total. The van der Waals surface area contributed by atoms with E-state index in [0.29, 0.717) is 64.9 Å². The maximum atomic E-state index is 11.3. The van der Waals surface area contributed by atoms with Crippen LogP contribution in [-0.2, 0) is 107 Å². The molecule has 0 saturated heterocycles. The summed E-state index contributed by atoms with van der Waals surface area (Å²) >= 11 is 0. The SMILES string of the molecule is C=CC(=O)OCCNC(=O)OCCOC(=O)C(C)CC.C=CC(=O)OCCNC(=O)OCCOC(=O)C(C)CC.C=CC(=O)OCCNC(=O)OCCOC(=O)C(C)CC.CCC(C)C(=O)OCc1ccncc1.CCC(C)n1ccnc1.CCOCCOCCOC(=O)C(C)CC. The molecule has 2 heterocycles. The Bertz CT molecular complexity index is 2330. The molecule has 0 aromatic carbocycles. The molecule has 0 spiro atoms. The Morgan fingerprint density at radius 3 is 0.990 bits per heavy atom. The Morgan fingerprint density at radius 2 is 0.694 bits per heavy atom. The minimum Gasteiger partial charge on any atom is -0.463 e. The van der Waals surface area contributed by atoms with Crippen molar-refractivity contribution in [3.05, 3.63) is 86.8 Å². The van der Waals surface area contributed by atoms with Crippen molar-refractivity contribution in [3.63, 3.8) is 0 Å². The molecule has 30 heteroatoms. The van der Waals surface area contributed by atoms with Gasteiger partial charge >= 0.3 is 66.0 Å². The third-order valence-corrected chi connectivity index (χ3v) is 12.9. The van der Waals surface area contributed by atoms with E-state index in [9.17, 15) is 52.7 Å². The lowest BCUT2D eigenvalue weighted by molar-refractivity contribution is -0.150. The summed E-state index contributed by atoms with van der Waals surface area (Å²) in [5, 5.41) is 7.11. The average Bonchev–Trinajstić information content (AvgIpc) is 2.42. The van der Waals surface area contributed by atoms with E-state index < -0.39 is 36.2 Å². The Balaban J connectivity index is -0.000000549. The fourth-order valence-corrected chi connectivity index (χ4v) is 5.56. The third-order valence-electron chi connectivity index (χ3n) is 12.9. The molecule has 0 aliphatic rings. The number of nitrogens with one attached hydrogen (secondary N) is 3. The summed E-state index contributed by atoms with van der Waals surface area (Å²) in [6.45, 7) is 38.0. The zero-order valence-corrected chi connectivity index (χ0v) is 60.0. The molecule has 0 radical (unpaired) electrons. The fraction of sp³-hybridized carbons (Fsp3) is 0.632. The number of esters is 8. The van der Waals surface area contributed by atoms with Gasteiger partial charge in [-0.25, -0.2) is 33.8 Å². The highest BCUT2D eigenvalue weighted by molar-refractivity contribution is 5.82. The van der Waals surface area contributed by atoms with Gasteiger partial charge in [-0.15, -0.1) is 0 Å². The van der Waals surface area contributed by atoms with Crippen LogP contribution in [0.15, 0.2) is 81.2 Å². The summed E-state index contributed by atoms with van der Waals surface area (Å²) in [6, 6.07) is 4.26. The number of ether oxygens (including phenoxy) is 13. The number of rotatable bonds is 42. The lowest BCUT2D eigenvalue weighted by atomic mass is 10.1. The predicted octanol–water partition coefficient (Wildman–Crippen LogP) is 8.75. The van der Waals surface area contributed by atoms with Crippen molar-refractivity contribution in [2.45, 2.75) is 141 Å². The average molecular weight is 1400 g/mol. The lowest BCUT2D eigenvalue weighted by Gasteiger charge is -2.10. The molecule has 3 N–H and O–H groups in total. The first kappa shape index (κ1) is 95.5. The highest BCUT2D eigenvalue weighted by Gasteiger charge is 2.16. The first-order valence-electron chi connectivity index (χ1n) is 32.8. The van der Waals surface area contributed by atoms with E-state index in [4.69, 9.17) is 47.4 Å². The van der Waals surface area contributed by atoms with Gasteiger partial charge in [0.1, 0.15) is 72.7 Å². The Hall–Kier alpha value is -8.93. The molecule has 558 valence electrons. The van der Waals surface area contributed by atoms with Crippen molar-refractivity contribution < 1.29 is 114 Å². The summed E-state index contributed by atoms with van der Waals surface area (Å²) in [4.78, 5) is 130. The molecule has 98 heavy (non-hydrogen) atoms. The van der Waals surface area contributed by atoms with Crippen LogP contribution in [0.25, 0.3) is 0 Å². The predicted molar refractivity (Wildman–Crippen MR) is 361 cm³/mol. The van der Waals surface area contributed by atoms with Crippen LogP contribution in [0.2, 0.25) is 0 Å². The number of alkyl carbamates (subject to hydrolysis) is 3. The van der Waals surface area contributed by atoms with Gasteiger partial charge in [0.15, 0.2) is 0 Å². The van der Waals surface area contributed by atoms with Crippen molar-refractivity contribution in [3.8, 4) is 0 Å². The molecular weight excluding hydrogens is 1280 g/mol. The molecule has 6 atom stereocenters. The van der Waals surface area contributed by atoms with Gasteiger partial charge in [0.2, 0.25) is 0 Å².